The van der Waals surface area contributed by atoms with Crippen LogP contribution in [0, 0.1) is 0 Å². The Hall–Kier alpha value is -8.20. The van der Waals surface area contributed by atoms with Gasteiger partial charge in [-0.15, -0.1) is 0 Å². The van der Waals surface area contributed by atoms with Crippen LogP contribution in [0.15, 0.2) is 243 Å². The Kier molecular flexibility index (Phi) is 9.21. The third-order valence-electron chi connectivity index (χ3n) is 13.6. The van der Waals surface area contributed by atoms with Crippen LogP contribution in [0.5, 0.6) is 0 Å². The average molecular weight is 831 g/mol. The summed E-state index contributed by atoms with van der Waals surface area (Å²) in [5.41, 5.74) is 21.8. The van der Waals surface area contributed by atoms with Gasteiger partial charge in [0.1, 0.15) is 0 Å². The minimum Gasteiger partial charge on any atom is -0.311 e. The zero-order valence-corrected chi connectivity index (χ0v) is 36.5. The van der Waals surface area contributed by atoms with Crippen LogP contribution in [0.4, 0.5) is 17.1 Å². The number of nitrogens with zero attached hydrogens (tertiary/aromatic N) is 2. The van der Waals surface area contributed by atoms with Crippen LogP contribution in [-0.2, 0) is 5.41 Å². The molecule has 0 bridgehead atoms. The lowest BCUT2D eigenvalue weighted by atomic mass is 9.81. The molecule has 1 aliphatic rings. The molecule has 0 saturated heterocycles. The van der Waals surface area contributed by atoms with E-state index >= 15 is 0 Å². The Bertz CT molecular complexity index is 3440. The molecule has 0 N–H and O–H groups in total. The van der Waals surface area contributed by atoms with Gasteiger partial charge in [-0.3, -0.25) is 0 Å². The molecule has 65 heavy (non-hydrogen) atoms. The maximum absolute atomic E-state index is 2.51. The molecule has 2 heteroatoms. The molecule has 0 unspecified atom stereocenters. The van der Waals surface area contributed by atoms with E-state index in [9.17, 15) is 0 Å². The Morgan fingerprint density at radius 3 is 1.42 bits per heavy atom. The number of benzene rings is 10. The molecule has 308 valence electrons. The SMILES string of the molecule is CC1(C)c2ccccc2-c2ccc3c4ccccc4n(-c4cccc(-c5cccc(-c6ccc(N(c7ccc(-c8ccccc8)cc7)c7ccc(-c8ccccc8)cc7)cc6)c5)c4)c3c21. The summed E-state index contributed by atoms with van der Waals surface area (Å²) in [6.45, 7) is 4.77. The molecule has 0 radical (unpaired) electrons. The number of hydrogen-bond donors (Lipinski definition) is 0. The first kappa shape index (κ1) is 38.5. The highest BCUT2D eigenvalue weighted by atomic mass is 15.1. The molecule has 0 atom stereocenters. The highest BCUT2D eigenvalue weighted by Gasteiger charge is 2.38. The molecule has 10 aromatic carbocycles. The largest absolute Gasteiger partial charge is 0.311 e. The number of anilines is 3. The summed E-state index contributed by atoms with van der Waals surface area (Å²) in [6.07, 6.45) is 0. The molecular formula is C63H46N2. The molecular weight excluding hydrogens is 785 g/mol. The van der Waals surface area contributed by atoms with Crippen LogP contribution < -0.4 is 4.90 Å². The minimum absolute atomic E-state index is 0.143. The summed E-state index contributed by atoms with van der Waals surface area (Å²) in [5, 5.41) is 2.57. The maximum atomic E-state index is 2.51. The van der Waals surface area contributed by atoms with Gasteiger partial charge in [-0.05, 0) is 127 Å². The lowest BCUT2D eigenvalue weighted by Gasteiger charge is -2.26. The zero-order chi connectivity index (χ0) is 43.5. The van der Waals surface area contributed by atoms with Crippen LogP contribution in [-0.4, -0.2) is 4.57 Å². The van der Waals surface area contributed by atoms with Gasteiger partial charge in [0, 0.05) is 38.9 Å². The fourth-order valence-corrected chi connectivity index (χ4v) is 10.4. The highest BCUT2D eigenvalue weighted by molar-refractivity contribution is 6.13. The number of aromatic nitrogens is 1. The van der Waals surface area contributed by atoms with Crippen molar-refractivity contribution in [1.29, 1.82) is 0 Å². The molecule has 0 aliphatic heterocycles. The second-order valence-corrected chi connectivity index (χ2v) is 17.7. The fraction of sp³-hybridized carbons (Fsp3) is 0.0476. The Labute approximate surface area is 381 Å². The van der Waals surface area contributed by atoms with E-state index in [0.717, 1.165) is 22.7 Å². The van der Waals surface area contributed by atoms with E-state index in [-0.39, 0.29) is 5.41 Å². The molecule has 0 fully saturated rings. The zero-order valence-electron chi connectivity index (χ0n) is 36.5. The van der Waals surface area contributed by atoms with Crippen molar-refractivity contribution < 1.29 is 0 Å². The third kappa shape index (κ3) is 6.57. The van der Waals surface area contributed by atoms with Crippen molar-refractivity contribution >= 4 is 38.9 Å². The number of rotatable bonds is 8. The van der Waals surface area contributed by atoms with Gasteiger partial charge in [0.15, 0.2) is 0 Å². The van der Waals surface area contributed by atoms with E-state index in [1.165, 1.54) is 88.6 Å². The molecule has 0 spiro atoms. The van der Waals surface area contributed by atoms with Gasteiger partial charge in [-0.1, -0.05) is 196 Å². The summed E-state index contributed by atoms with van der Waals surface area (Å²) in [4.78, 5) is 2.35. The van der Waals surface area contributed by atoms with E-state index in [1.807, 2.05) is 0 Å². The van der Waals surface area contributed by atoms with Gasteiger partial charge in [0.25, 0.3) is 0 Å². The van der Waals surface area contributed by atoms with Crippen molar-refractivity contribution in [1.82, 2.24) is 4.57 Å². The lowest BCUT2D eigenvalue weighted by molar-refractivity contribution is 0.664. The standard InChI is InChI=1S/C63H46N2/c1-63(2)59-25-11-9-23-55(59)57-39-40-58-56-24-10-12-26-60(56)65(62(58)61(57)63)54-22-14-21-50(42-54)49-20-13-19-48(41-49)47-31-37-53(38-32-47)64(51-33-27-45(28-34-51)43-15-5-3-6-16-43)52-35-29-46(30-36-52)44-17-7-4-8-18-44/h3-42H,1-2H3. The molecule has 1 heterocycles. The summed E-state index contributed by atoms with van der Waals surface area (Å²) < 4.78 is 2.51. The second-order valence-electron chi connectivity index (χ2n) is 17.7. The van der Waals surface area contributed by atoms with E-state index in [2.05, 4.69) is 266 Å². The van der Waals surface area contributed by atoms with Gasteiger partial charge in [-0.2, -0.15) is 0 Å². The lowest BCUT2D eigenvalue weighted by Crippen LogP contribution is -2.16. The molecule has 1 aliphatic carbocycles. The summed E-state index contributed by atoms with van der Waals surface area (Å²) in [5.74, 6) is 0. The topological polar surface area (TPSA) is 8.17 Å². The molecule has 1 aromatic heterocycles. The maximum Gasteiger partial charge on any atom is 0.0588 e. The number of para-hydroxylation sites is 1. The predicted molar refractivity (Wildman–Crippen MR) is 275 cm³/mol. The molecule has 2 nitrogen and oxygen atoms in total. The van der Waals surface area contributed by atoms with Crippen molar-refractivity contribution in [2.45, 2.75) is 19.3 Å². The van der Waals surface area contributed by atoms with Crippen LogP contribution in [0.3, 0.4) is 0 Å². The summed E-state index contributed by atoms with van der Waals surface area (Å²) >= 11 is 0. The van der Waals surface area contributed by atoms with E-state index in [1.54, 1.807) is 0 Å². The van der Waals surface area contributed by atoms with Crippen molar-refractivity contribution in [2.75, 3.05) is 4.90 Å². The van der Waals surface area contributed by atoms with E-state index < -0.39 is 0 Å². The van der Waals surface area contributed by atoms with Crippen LogP contribution in [0.1, 0.15) is 25.0 Å². The van der Waals surface area contributed by atoms with Gasteiger partial charge in [0.05, 0.1) is 11.0 Å². The molecule has 12 rings (SSSR count). The minimum atomic E-state index is -0.143. The molecule has 0 amide bonds. The van der Waals surface area contributed by atoms with Gasteiger partial charge >= 0.3 is 0 Å². The average Bonchev–Trinajstić information content (AvgIpc) is 3.83. The number of hydrogen-bond acceptors (Lipinski definition) is 1. The van der Waals surface area contributed by atoms with Crippen LogP contribution >= 0.6 is 0 Å². The van der Waals surface area contributed by atoms with Crippen LogP contribution in [0.25, 0.3) is 83.1 Å². The molecule has 0 saturated carbocycles. The Morgan fingerprint density at radius 2 is 0.800 bits per heavy atom. The molecule has 11 aromatic rings. The van der Waals surface area contributed by atoms with E-state index in [0.29, 0.717) is 0 Å². The third-order valence-corrected chi connectivity index (χ3v) is 13.6. The second kappa shape index (κ2) is 15.6. The first-order valence-corrected chi connectivity index (χ1v) is 22.6. The normalized spacial score (nSPS) is 12.6. The van der Waals surface area contributed by atoms with Crippen LogP contribution in [0.2, 0.25) is 0 Å². The van der Waals surface area contributed by atoms with Crippen molar-refractivity contribution in [2.24, 2.45) is 0 Å². The smallest absolute Gasteiger partial charge is 0.0588 e. The Morgan fingerprint density at radius 1 is 0.338 bits per heavy atom. The first-order chi connectivity index (χ1) is 32.0. The fourth-order valence-electron chi connectivity index (χ4n) is 10.4. The van der Waals surface area contributed by atoms with Crippen molar-refractivity contribution in [3.63, 3.8) is 0 Å². The Balaban J connectivity index is 0.905. The monoisotopic (exact) mass is 830 g/mol. The summed E-state index contributed by atoms with van der Waals surface area (Å²) in [7, 11) is 0. The highest BCUT2D eigenvalue weighted by Crippen LogP contribution is 2.53. The number of fused-ring (bicyclic) bond motifs is 7. The van der Waals surface area contributed by atoms with Crippen molar-refractivity contribution in [3.8, 4) is 61.3 Å². The summed E-state index contributed by atoms with van der Waals surface area (Å²) in [6, 6.07) is 88.5. The van der Waals surface area contributed by atoms with Gasteiger partial charge in [-0.25, -0.2) is 0 Å². The van der Waals surface area contributed by atoms with E-state index in [4.69, 9.17) is 0 Å². The van der Waals surface area contributed by atoms with Gasteiger partial charge in [0.2, 0.25) is 0 Å². The quantitative estimate of drug-likeness (QED) is 0.148. The predicted octanol–water partition coefficient (Wildman–Crippen LogP) is 17.2. The van der Waals surface area contributed by atoms with Gasteiger partial charge < -0.3 is 9.47 Å². The van der Waals surface area contributed by atoms with Crippen molar-refractivity contribution in [3.05, 3.63) is 254 Å². The first-order valence-electron chi connectivity index (χ1n) is 22.6.